The zero-order valence-corrected chi connectivity index (χ0v) is 19.5. The van der Waals surface area contributed by atoms with Gasteiger partial charge in [-0.25, -0.2) is 8.78 Å². The molecule has 4 N–H and O–H groups in total. The van der Waals surface area contributed by atoms with Gasteiger partial charge < -0.3 is 21.1 Å². The number of nitrogens with zero attached hydrogens (tertiary/aromatic N) is 2. The second-order valence-electron chi connectivity index (χ2n) is 8.50. The van der Waals surface area contributed by atoms with Crippen molar-refractivity contribution in [1.82, 2.24) is 9.80 Å². The zero-order valence-electron chi connectivity index (χ0n) is 18.3. The molecular formula is C23H33F2N4O2P. The summed E-state index contributed by atoms with van der Waals surface area (Å²) < 4.78 is 35.3. The molecule has 1 amide bonds. The molecule has 32 heavy (non-hydrogen) atoms. The number of benzene rings is 1. The number of piperidine rings is 2. The Morgan fingerprint density at radius 1 is 1.22 bits per heavy atom. The fourth-order valence-electron chi connectivity index (χ4n) is 4.22. The summed E-state index contributed by atoms with van der Waals surface area (Å²) in [6, 6.07) is 4.99. The number of alkyl halides is 1. The van der Waals surface area contributed by atoms with Crippen molar-refractivity contribution in [1.29, 1.82) is 0 Å². The number of nitrogens with two attached hydrogens (primary N) is 2. The van der Waals surface area contributed by atoms with Crippen molar-refractivity contribution in [3.05, 3.63) is 53.6 Å². The number of carbonyl (C=O) groups is 1. The number of carbonyl (C=O) groups excluding carboxylic acids is 1. The van der Waals surface area contributed by atoms with Crippen molar-refractivity contribution in [3.8, 4) is 0 Å². The summed E-state index contributed by atoms with van der Waals surface area (Å²) in [7, 11) is 2.46. The fourth-order valence-corrected chi connectivity index (χ4v) is 4.46. The van der Waals surface area contributed by atoms with Crippen molar-refractivity contribution >= 4 is 20.5 Å². The van der Waals surface area contributed by atoms with Crippen LogP contribution in [0.4, 0.5) is 8.78 Å². The van der Waals surface area contributed by atoms with Crippen LogP contribution in [-0.4, -0.2) is 60.2 Å². The number of likely N-dealkylation sites (tertiary alicyclic amines) is 2. The van der Waals surface area contributed by atoms with Crippen LogP contribution in [0.2, 0.25) is 0 Å². The first kappa shape index (κ1) is 24.6. The fraction of sp³-hybridized carbons (Fsp3) is 0.522. The average molecular weight is 467 g/mol. The molecule has 1 aromatic rings. The molecule has 2 heterocycles. The maximum Gasteiger partial charge on any atom is 0.260 e. The van der Waals surface area contributed by atoms with Gasteiger partial charge in [0.1, 0.15) is 5.82 Å². The normalized spacial score (nSPS) is 20.7. The molecule has 0 spiro atoms. The second-order valence-corrected chi connectivity index (χ2v) is 9.16. The molecule has 0 bridgehead atoms. The summed E-state index contributed by atoms with van der Waals surface area (Å²) >= 11 is 0. The van der Waals surface area contributed by atoms with Gasteiger partial charge in [0.15, 0.2) is 5.67 Å². The van der Waals surface area contributed by atoms with Crippen molar-refractivity contribution in [2.75, 3.05) is 32.7 Å². The molecule has 6 nitrogen and oxygen atoms in total. The third-order valence-corrected chi connectivity index (χ3v) is 6.60. The van der Waals surface area contributed by atoms with Gasteiger partial charge in [0, 0.05) is 51.1 Å². The van der Waals surface area contributed by atoms with Crippen LogP contribution in [-0.2, 0) is 16.1 Å². The highest BCUT2D eigenvalue weighted by molar-refractivity contribution is 7.27. The smallest absolute Gasteiger partial charge is 0.260 e. The Labute approximate surface area is 190 Å². The Bertz CT molecular complexity index is 848. The Morgan fingerprint density at radius 3 is 2.50 bits per heavy atom. The van der Waals surface area contributed by atoms with E-state index in [-0.39, 0.29) is 31.4 Å². The Balaban J connectivity index is 1.44. The van der Waals surface area contributed by atoms with E-state index >= 15 is 4.39 Å². The highest BCUT2D eigenvalue weighted by Gasteiger charge is 2.44. The van der Waals surface area contributed by atoms with E-state index < -0.39 is 11.6 Å². The molecule has 0 radical (unpaired) electrons. The minimum Gasteiger partial charge on any atom is -0.405 e. The lowest BCUT2D eigenvalue weighted by Crippen LogP contribution is -2.54. The van der Waals surface area contributed by atoms with Gasteiger partial charge in [-0.3, -0.25) is 9.69 Å². The summed E-state index contributed by atoms with van der Waals surface area (Å²) in [6.45, 7) is 2.64. The number of rotatable bonds is 7. The predicted octanol–water partition coefficient (Wildman–Crippen LogP) is 1.95. The standard InChI is InChI=1S/C23H33F2N4O2P/c24-21-13-20(32)2-1-18(21)16-31-19-4-9-29(10-5-19)22(30)23(25)6-11-28(12-7-23)15-17(14-27)3-8-26/h1-3,8,13-14,19H,4-7,9-12,15-16,26-27,32H2/b8-3-,17-14+. The van der Waals surface area contributed by atoms with Gasteiger partial charge in [-0.2, -0.15) is 0 Å². The van der Waals surface area contributed by atoms with Crippen LogP contribution in [0.5, 0.6) is 0 Å². The molecule has 2 saturated heterocycles. The minimum absolute atomic E-state index is 0.0661. The molecule has 176 valence electrons. The highest BCUT2D eigenvalue weighted by Crippen LogP contribution is 2.31. The zero-order chi connectivity index (χ0) is 23.1. The van der Waals surface area contributed by atoms with Crippen LogP contribution in [0.25, 0.3) is 0 Å². The average Bonchev–Trinajstić information content (AvgIpc) is 2.79. The SMILES string of the molecule is N/C=C\C(=C/N)CN1CCC(F)(C(=O)N2CCC(OCc3ccc(P)cc3F)CC2)CC1. The van der Waals surface area contributed by atoms with Crippen LogP contribution >= 0.6 is 9.24 Å². The number of hydrogen-bond donors (Lipinski definition) is 2. The highest BCUT2D eigenvalue weighted by atomic mass is 31.0. The molecule has 0 aromatic heterocycles. The van der Waals surface area contributed by atoms with E-state index in [1.54, 1.807) is 17.0 Å². The van der Waals surface area contributed by atoms with Gasteiger partial charge in [0.25, 0.3) is 5.91 Å². The Kier molecular flexibility index (Phi) is 8.63. The van der Waals surface area contributed by atoms with Crippen LogP contribution in [0.1, 0.15) is 31.2 Å². The van der Waals surface area contributed by atoms with Gasteiger partial charge in [-0.15, -0.1) is 9.24 Å². The summed E-state index contributed by atoms with van der Waals surface area (Å²) in [5.41, 5.74) is 10.5. The Hall–Kier alpha value is -2.02. The lowest BCUT2D eigenvalue weighted by molar-refractivity contribution is -0.150. The molecule has 1 aromatic carbocycles. The molecule has 3 rings (SSSR count). The van der Waals surface area contributed by atoms with Crippen LogP contribution in [0.15, 0.2) is 42.2 Å². The van der Waals surface area contributed by atoms with E-state index in [1.807, 2.05) is 6.07 Å². The molecule has 0 aliphatic carbocycles. The topological polar surface area (TPSA) is 84.8 Å². The van der Waals surface area contributed by atoms with Gasteiger partial charge >= 0.3 is 0 Å². The molecule has 1 unspecified atom stereocenters. The van der Waals surface area contributed by atoms with E-state index in [9.17, 15) is 9.18 Å². The van der Waals surface area contributed by atoms with E-state index in [2.05, 4.69) is 14.1 Å². The van der Waals surface area contributed by atoms with E-state index in [1.165, 1.54) is 18.5 Å². The van der Waals surface area contributed by atoms with Crippen molar-refractivity contribution < 1.29 is 18.3 Å². The van der Waals surface area contributed by atoms with Gasteiger partial charge in [0.2, 0.25) is 0 Å². The first-order valence-corrected chi connectivity index (χ1v) is 11.6. The molecule has 2 aliphatic heterocycles. The quantitative estimate of drug-likeness (QED) is 0.474. The van der Waals surface area contributed by atoms with Crippen molar-refractivity contribution in [2.45, 2.75) is 44.1 Å². The minimum atomic E-state index is -1.83. The second kappa shape index (κ2) is 11.2. The van der Waals surface area contributed by atoms with Crippen LogP contribution < -0.4 is 16.8 Å². The maximum absolute atomic E-state index is 15.5. The predicted molar refractivity (Wildman–Crippen MR) is 125 cm³/mol. The van der Waals surface area contributed by atoms with Crippen LogP contribution in [0, 0.1) is 5.82 Å². The number of amides is 1. The third-order valence-electron chi connectivity index (χ3n) is 6.24. The number of halogens is 2. The number of ether oxygens (including phenoxy) is 1. The van der Waals surface area contributed by atoms with Gasteiger partial charge in [0.05, 0.1) is 12.7 Å². The van der Waals surface area contributed by atoms with Crippen LogP contribution in [0.3, 0.4) is 0 Å². The van der Waals surface area contributed by atoms with E-state index in [0.29, 0.717) is 51.1 Å². The third kappa shape index (κ3) is 6.27. The lowest BCUT2D eigenvalue weighted by atomic mass is 9.90. The van der Waals surface area contributed by atoms with Crippen molar-refractivity contribution in [2.24, 2.45) is 11.5 Å². The lowest BCUT2D eigenvalue weighted by Gasteiger charge is -2.40. The monoisotopic (exact) mass is 466 g/mol. The first-order chi connectivity index (χ1) is 15.3. The summed E-state index contributed by atoms with van der Waals surface area (Å²) in [5.74, 6) is -0.710. The van der Waals surface area contributed by atoms with Gasteiger partial charge in [-0.1, -0.05) is 12.1 Å². The largest absolute Gasteiger partial charge is 0.405 e. The Morgan fingerprint density at radius 2 is 1.91 bits per heavy atom. The summed E-state index contributed by atoms with van der Waals surface area (Å²) in [4.78, 5) is 16.6. The summed E-state index contributed by atoms with van der Waals surface area (Å²) in [5, 5.41) is 0.785. The molecule has 0 saturated carbocycles. The molecule has 2 aliphatic rings. The van der Waals surface area contributed by atoms with Crippen molar-refractivity contribution in [3.63, 3.8) is 0 Å². The first-order valence-electron chi connectivity index (χ1n) is 11.0. The molecule has 9 heteroatoms. The van der Waals surface area contributed by atoms with E-state index in [0.717, 1.165) is 10.9 Å². The van der Waals surface area contributed by atoms with E-state index in [4.69, 9.17) is 16.2 Å². The summed E-state index contributed by atoms with van der Waals surface area (Å²) in [6.07, 6.45) is 6.14. The van der Waals surface area contributed by atoms with Gasteiger partial charge in [-0.05, 0) is 48.3 Å². The molecular weight excluding hydrogens is 433 g/mol. The molecule has 1 atom stereocenters. The molecule has 2 fully saturated rings. The maximum atomic E-state index is 15.5. The number of hydrogen-bond acceptors (Lipinski definition) is 5.